The monoisotopic (exact) mass is 375 g/mol. The molecule has 1 heterocycles. The lowest BCUT2D eigenvalue weighted by Gasteiger charge is -2.01. The summed E-state index contributed by atoms with van der Waals surface area (Å²) in [5.74, 6) is -0.550. The fraction of sp³-hybridized carbons (Fsp3) is 0.214. The third-order valence-electron chi connectivity index (χ3n) is 2.47. The van der Waals surface area contributed by atoms with Gasteiger partial charge in [-0.25, -0.2) is 0 Å². The molecule has 0 N–H and O–H groups in total. The highest BCUT2D eigenvalue weighted by atomic mass is 35.5. The topological polar surface area (TPSA) is 55.7 Å². The molecule has 2 rings (SSSR count). The van der Waals surface area contributed by atoms with Crippen molar-refractivity contribution >= 4 is 69.1 Å². The lowest BCUT2D eigenvalue weighted by molar-refractivity contribution is -0.139. The predicted octanol–water partition coefficient (Wildman–Crippen LogP) is 4.26. The van der Waals surface area contributed by atoms with E-state index in [-0.39, 0.29) is 17.6 Å². The fourth-order valence-electron chi connectivity index (χ4n) is 1.53. The van der Waals surface area contributed by atoms with Crippen LogP contribution in [0, 0.1) is 0 Å². The molecule has 116 valence electrons. The minimum Gasteiger partial charge on any atom is -0.465 e. The van der Waals surface area contributed by atoms with Gasteiger partial charge in [0.2, 0.25) is 0 Å². The van der Waals surface area contributed by atoms with E-state index in [0.29, 0.717) is 31.5 Å². The molecule has 1 amide bonds. The number of aliphatic imine (C=N–C) groups is 1. The first kappa shape index (κ1) is 17.4. The number of esters is 1. The van der Waals surface area contributed by atoms with Crippen LogP contribution in [-0.4, -0.2) is 28.6 Å². The normalized spacial score (nSPS) is 16.0. The van der Waals surface area contributed by atoms with Gasteiger partial charge in [-0.2, -0.15) is 4.99 Å². The molecule has 0 saturated heterocycles. The molecule has 1 aromatic carbocycles. The van der Waals surface area contributed by atoms with E-state index >= 15 is 0 Å². The Morgan fingerprint density at radius 1 is 1.45 bits per heavy atom. The van der Waals surface area contributed by atoms with Crippen LogP contribution < -0.4 is 0 Å². The summed E-state index contributed by atoms with van der Waals surface area (Å²) in [6.45, 7) is 2.07. The van der Waals surface area contributed by atoms with Crippen molar-refractivity contribution in [3.05, 3.63) is 38.7 Å². The fourth-order valence-corrected chi connectivity index (χ4v) is 3.79. The summed E-state index contributed by atoms with van der Waals surface area (Å²) in [5.41, 5.74) is 0.689. The molecule has 0 fully saturated rings. The van der Waals surface area contributed by atoms with Gasteiger partial charge >= 0.3 is 5.97 Å². The van der Waals surface area contributed by atoms with E-state index in [9.17, 15) is 9.59 Å². The maximum atomic E-state index is 11.9. The van der Waals surface area contributed by atoms with Crippen LogP contribution in [0.1, 0.15) is 12.5 Å². The Kier molecular flexibility index (Phi) is 6.37. The van der Waals surface area contributed by atoms with E-state index < -0.39 is 0 Å². The number of amides is 1. The second-order valence-electron chi connectivity index (χ2n) is 4.05. The van der Waals surface area contributed by atoms with E-state index in [1.807, 2.05) is 0 Å². The van der Waals surface area contributed by atoms with E-state index in [1.165, 1.54) is 23.5 Å². The van der Waals surface area contributed by atoms with Gasteiger partial charge in [-0.05, 0) is 30.7 Å². The van der Waals surface area contributed by atoms with E-state index in [2.05, 4.69) is 4.99 Å². The molecule has 8 heteroatoms. The largest absolute Gasteiger partial charge is 0.465 e. The van der Waals surface area contributed by atoms with Crippen molar-refractivity contribution in [3.63, 3.8) is 0 Å². The van der Waals surface area contributed by atoms with E-state index in [0.717, 1.165) is 0 Å². The molecule has 0 atom stereocenters. The van der Waals surface area contributed by atoms with Crippen molar-refractivity contribution in [1.82, 2.24) is 0 Å². The highest BCUT2D eigenvalue weighted by Crippen LogP contribution is 2.35. The molecule has 0 aromatic heterocycles. The lowest BCUT2D eigenvalue weighted by Crippen LogP contribution is -2.07. The Bertz CT molecular complexity index is 674. The van der Waals surface area contributed by atoms with Gasteiger partial charge in [-0.15, -0.1) is 0 Å². The average Bonchev–Trinajstić information content (AvgIpc) is 2.80. The van der Waals surface area contributed by atoms with Crippen molar-refractivity contribution in [1.29, 1.82) is 0 Å². The zero-order chi connectivity index (χ0) is 16.1. The first-order valence-corrected chi connectivity index (χ1v) is 8.81. The number of hydrogen-bond acceptors (Lipinski definition) is 5. The van der Waals surface area contributed by atoms with Gasteiger partial charge in [0.15, 0.2) is 0 Å². The summed E-state index contributed by atoms with van der Waals surface area (Å²) in [7, 11) is 0. The number of halogens is 2. The summed E-state index contributed by atoms with van der Waals surface area (Å²) in [5, 5.41) is 0.987. The molecule has 1 aromatic rings. The smallest absolute Gasteiger partial charge is 0.316 e. The summed E-state index contributed by atoms with van der Waals surface area (Å²) < 4.78 is 5.35. The van der Waals surface area contributed by atoms with Crippen molar-refractivity contribution in [2.45, 2.75) is 6.92 Å². The van der Waals surface area contributed by atoms with Gasteiger partial charge in [0.05, 0.1) is 17.3 Å². The van der Waals surface area contributed by atoms with Crippen molar-refractivity contribution in [3.8, 4) is 0 Å². The summed E-state index contributed by atoms with van der Waals surface area (Å²) >= 11 is 14.3. The second-order valence-corrected chi connectivity index (χ2v) is 7.15. The Labute approximate surface area is 146 Å². The Morgan fingerprint density at radius 3 is 2.91 bits per heavy atom. The molecule has 0 spiro atoms. The minimum atomic E-state index is -0.345. The first-order valence-electron chi connectivity index (χ1n) is 6.25. The molecule has 0 bridgehead atoms. The van der Waals surface area contributed by atoms with Gasteiger partial charge < -0.3 is 4.74 Å². The molecule has 0 aliphatic carbocycles. The van der Waals surface area contributed by atoms with Crippen molar-refractivity contribution in [2.24, 2.45) is 4.99 Å². The van der Waals surface area contributed by atoms with Crippen LogP contribution in [0.25, 0.3) is 6.08 Å². The second kappa shape index (κ2) is 8.06. The molecular weight excluding hydrogens is 365 g/mol. The van der Waals surface area contributed by atoms with Gasteiger partial charge in [0, 0.05) is 10.0 Å². The molecule has 1 aliphatic rings. The highest BCUT2D eigenvalue weighted by Gasteiger charge is 2.23. The molecule has 4 nitrogen and oxygen atoms in total. The average molecular weight is 376 g/mol. The molecule has 22 heavy (non-hydrogen) atoms. The predicted molar refractivity (Wildman–Crippen MR) is 93.6 cm³/mol. The molecule has 1 aliphatic heterocycles. The number of carbonyl (C=O) groups is 2. The molecule has 0 saturated carbocycles. The number of nitrogens with zero attached hydrogens (tertiary/aromatic N) is 1. The summed E-state index contributed by atoms with van der Waals surface area (Å²) in [4.78, 5) is 27.5. The lowest BCUT2D eigenvalue weighted by atomic mass is 10.2. The van der Waals surface area contributed by atoms with Crippen LogP contribution in [0.2, 0.25) is 10.0 Å². The third kappa shape index (κ3) is 4.78. The van der Waals surface area contributed by atoms with Gasteiger partial charge in [0.1, 0.15) is 4.38 Å². The zero-order valence-electron chi connectivity index (χ0n) is 11.5. The van der Waals surface area contributed by atoms with Crippen molar-refractivity contribution in [2.75, 3.05) is 12.4 Å². The highest BCUT2D eigenvalue weighted by molar-refractivity contribution is 8.41. The number of benzene rings is 1. The zero-order valence-corrected chi connectivity index (χ0v) is 14.6. The van der Waals surface area contributed by atoms with Crippen LogP contribution in [0.15, 0.2) is 28.1 Å². The molecule has 0 radical (unpaired) electrons. The van der Waals surface area contributed by atoms with Crippen LogP contribution in [0.4, 0.5) is 0 Å². The van der Waals surface area contributed by atoms with Gasteiger partial charge in [-0.3, -0.25) is 9.59 Å². The SMILES string of the molecule is CCOC(=O)CSC1=NC(=O)C(=Cc2ccc(Cl)cc2Cl)S1. The number of hydrogen-bond donors (Lipinski definition) is 0. The summed E-state index contributed by atoms with van der Waals surface area (Å²) in [6.07, 6.45) is 1.66. The quantitative estimate of drug-likeness (QED) is 0.581. The van der Waals surface area contributed by atoms with E-state index in [1.54, 1.807) is 31.2 Å². The standard InChI is InChI=1S/C14H11Cl2NO3S2/c1-2-20-12(18)7-21-14-17-13(19)11(22-14)5-8-3-4-9(15)6-10(8)16/h3-6H,2,7H2,1H3. The third-order valence-corrected chi connectivity index (χ3v) is 5.13. The number of thioether (sulfide) groups is 2. The van der Waals surface area contributed by atoms with E-state index in [4.69, 9.17) is 27.9 Å². The van der Waals surface area contributed by atoms with Crippen molar-refractivity contribution < 1.29 is 14.3 Å². The number of ether oxygens (including phenoxy) is 1. The maximum Gasteiger partial charge on any atom is 0.316 e. The van der Waals surface area contributed by atoms with Gasteiger partial charge in [-0.1, -0.05) is 52.8 Å². The Hall–Kier alpha value is -0.950. The maximum absolute atomic E-state index is 11.9. The number of rotatable bonds is 4. The molecular formula is C14H11Cl2NO3S2. The first-order chi connectivity index (χ1) is 10.5. The van der Waals surface area contributed by atoms with Gasteiger partial charge in [0.25, 0.3) is 5.91 Å². The van der Waals surface area contributed by atoms with Crippen LogP contribution in [-0.2, 0) is 14.3 Å². The number of carbonyl (C=O) groups excluding carboxylic acids is 2. The molecule has 0 unspecified atom stereocenters. The summed E-state index contributed by atoms with van der Waals surface area (Å²) in [6, 6.07) is 5.04. The Morgan fingerprint density at radius 2 is 2.23 bits per heavy atom. The van der Waals surface area contributed by atoms with Crippen LogP contribution >= 0.6 is 46.7 Å². The Balaban J connectivity index is 2.02. The van der Waals surface area contributed by atoms with Crippen LogP contribution in [0.5, 0.6) is 0 Å². The van der Waals surface area contributed by atoms with Crippen LogP contribution in [0.3, 0.4) is 0 Å². The minimum absolute atomic E-state index is 0.127.